The van der Waals surface area contributed by atoms with Gasteiger partial charge >= 0.3 is 0 Å². The van der Waals surface area contributed by atoms with Crippen molar-refractivity contribution >= 4 is 11.3 Å². The van der Waals surface area contributed by atoms with Gasteiger partial charge in [-0.1, -0.05) is 6.92 Å². The normalized spacial score (nSPS) is 17.7. The molecule has 0 atom stereocenters. The van der Waals surface area contributed by atoms with Crippen LogP contribution in [-0.2, 0) is 17.8 Å². The van der Waals surface area contributed by atoms with Gasteiger partial charge in [0.1, 0.15) is 5.01 Å². The lowest BCUT2D eigenvalue weighted by Gasteiger charge is -2.31. The van der Waals surface area contributed by atoms with Crippen LogP contribution in [0.25, 0.3) is 0 Å². The third kappa shape index (κ3) is 5.13. The van der Waals surface area contributed by atoms with Crippen LogP contribution >= 0.6 is 11.3 Å². The number of rotatable bonds is 8. The molecule has 0 aromatic carbocycles. The molecule has 2 rings (SSSR count). The smallest absolute Gasteiger partial charge is 0.107 e. The molecule has 20 heavy (non-hydrogen) atoms. The first-order chi connectivity index (χ1) is 9.81. The third-order valence-corrected chi connectivity index (χ3v) is 4.52. The molecule has 1 aromatic heterocycles. The molecule has 0 aliphatic carbocycles. The Morgan fingerprint density at radius 3 is 2.90 bits per heavy atom. The summed E-state index contributed by atoms with van der Waals surface area (Å²) in [5.74, 6) is 0. The molecule has 0 saturated carbocycles. The fourth-order valence-electron chi connectivity index (χ4n) is 2.57. The van der Waals surface area contributed by atoms with Gasteiger partial charge in [-0.05, 0) is 32.7 Å². The summed E-state index contributed by atoms with van der Waals surface area (Å²) in [4.78, 5) is 7.21. The van der Waals surface area contributed by atoms with Crippen LogP contribution in [0.15, 0.2) is 5.38 Å². The average Bonchev–Trinajstić information content (AvgIpc) is 2.89. The van der Waals surface area contributed by atoms with Crippen LogP contribution in [0.3, 0.4) is 0 Å². The van der Waals surface area contributed by atoms with E-state index in [0.717, 1.165) is 52.2 Å². The summed E-state index contributed by atoms with van der Waals surface area (Å²) < 4.78 is 5.69. The zero-order chi connectivity index (χ0) is 14.2. The number of thiazole rings is 1. The van der Waals surface area contributed by atoms with Crippen molar-refractivity contribution in [1.82, 2.24) is 15.2 Å². The molecule has 4 nitrogen and oxygen atoms in total. The maximum atomic E-state index is 5.69. The minimum atomic E-state index is 0.473. The molecule has 0 unspecified atom stereocenters. The van der Waals surface area contributed by atoms with E-state index in [-0.39, 0.29) is 0 Å². The van der Waals surface area contributed by atoms with E-state index in [4.69, 9.17) is 9.72 Å². The molecule has 1 aliphatic rings. The average molecular weight is 297 g/mol. The number of hydrogen-bond donors (Lipinski definition) is 1. The van der Waals surface area contributed by atoms with Crippen LogP contribution < -0.4 is 5.32 Å². The van der Waals surface area contributed by atoms with Gasteiger partial charge in [-0.2, -0.15) is 0 Å². The minimum absolute atomic E-state index is 0.473. The molecule has 1 N–H and O–H groups in total. The van der Waals surface area contributed by atoms with Crippen molar-refractivity contribution in [1.29, 1.82) is 0 Å². The van der Waals surface area contributed by atoms with Gasteiger partial charge in [0.2, 0.25) is 0 Å². The number of nitrogens with zero attached hydrogens (tertiary/aromatic N) is 2. The Kier molecular flexibility index (Phi) is 6.93. The first kappa shape index (κ1) is 15.9. The van der Waals surface area contributed by atoms with Gasteiger partial charge < -0.3 is 10.1 Å². The Morgan fingerprint density at radius 1 is 1.40 bits per heavy atom. The van der Waals surface area contributed by atoms with Gasteiger partial charge in [0.25, 0.3) is 0 Å². The van der Waals surface area contributed by atoms with E-state index in [1.165, 1.54) is 17.1 Å². The fraction of sp³-hybridized carbons (Fsp3) is 0.800. The zero-order valence-electron chi connectivity index (χ0n) is 12.7. The van der Waals surface area contributed by atoms with Crippen LogP contribution in [0.1, 0.15) is 43.8 Å². The van der Waals surface area contributed by atoms with Crippen LogP contribution in [0.2, 0.25) is 0 Å². The maximum absolute atomic E-state index is 5.69. The highest BCUT2D eigenvalue weighted by Crippen LogP contribution is 2.17. The molecule has 0 radical (unpaired) electrons. The maximum Gasteiger partial charge on any atom is 0.107 e. The third-order valence-electron chi connectivity index (χ3n) is 3.62. The van der Waals surface area contributed by atoms with E-state index in [0.29, 0.717) is 6.10 Å². The van der Waals surface area contributed by atoms with E-state index >= 15 is 0 Å². The van der Waals surface area contributed by atoms with Crippen molar-refractivity contribution < 1.29 is 4.74 Å². The molecule has 1 saturated heterocycles. The van der Waals surface area contributed by atoms with Gasteiger partial charge in [-0.25, -0.2) is 4.98 Å². The predicted octanol–water partition coefficient (Wildman–Crippen LogP) is 2.64. The molecule has 0 amide bonds. The summed E-state index contributed by atoms with van der Waals surface area (Å²) in [6.07, 6.45) is 3.96. The van der Waals surface area contributed by atoms with Gasteiger partial charge in [-0.3, -0.25) is 4.90 Å². The lowest BCUT2D eigenvalue weighted by Crippen LogP contribution is -2.36. The molecule has 0 bridgehead atoms. The van der Waals surface area contributed by atoms with E-state index in [1.807, 2.05) is 0 Å². The van der Waals surface area contributed by atoms with Gasteiger partial charge in [0, 0.05) is 38.2 Å². The van der Waals surface area contributed by atoms with E-state index in [1.54, 1.807) is 11.3 Å². The largest absolute Gasteiger partial charge is 0.378 e. The van der Waals surface area contributed by atoms with Crippen LogP contribution in [-0.4, -0.2) is 42.2 Å². The molecule has 1 aliphatic heterocycles. The molecule has 0 spiro atoms. The summed E-state index contributed by atoms with van der Waals surface area (Å²) in [7, 11) is 0. The van der Waals surface area contributed by atoms with E-state index in [2.05, 4.69) is 29.4 Å². The number of ether oxygens (including phenoxy) is 1. The molecular weight excluding hydrogens is 270 g/mol. The summed E-state index contributed by atoms with van der Waals surface area (Å²) in [5.41, 5.74) is 1.22. The second-order valence-corrected chi connectivity index (χ2v) is 6.28. The lowest BCUT2D eigenvalue weighted by atomic mass is 10.1. The minimum Gasteiger partial charge on any atom is -0.378 e. The number of hydrogen-bond acceptors (Lipinski definition) is 5. The molecule has 1 fully saturated rings. The predicted molar refractivity (Wildman–Crippen MR) is 84.0 cm³/mol. The molecule has 5 heteroatoms. The van der Waals surface area contributed by atoms with Crippen molar-refractivity contribution in [3.63, 3.8) is 0 Å². The monoisotopic (exact) mass is 297 g/mol. The van der Waals surface area contributed by atoms with Crippen LogP contribution in [0.4, 0.5) is 0 Å². The summed E-state index contributed by atoms with van der Waals surface area (Å²) in [6, 6.07) is 0. The van der Waals surface area contributed by atoms with Crippen molar-refractivity contribution in [2.24, 2.45) is 0 Å². The number of aromatic nitrogens is 1. The van der Waals surface area contributed by atoms with Crippen LogP contribution in [0, 0.1) is 0 Å². The zero-order valence-corrected chi connectivity index (χ0v) is 13.5. The topological polar surface area (TPSA) is 37.4 Å². The van der Waals surface area contributed by atoms with Crippen molar-refractivity contribution in [2.75, 3.05) is 26.2 Å². The molecule has 114 valence electrons. The Hall–Kier alpha value is -0.490. The number of likely N-dealkylation sites (tertiary alicyclic amines) is 1. The Labute approximate surface area is 126 Å². The SMILES string of the molecule is CCCNCc1nc(CN2CCC(OCC)CC2)cs1. The van der Waals surface area contributed by atoms with Crippen molar-refractivity contribution in [2.45, 2.75) is 52.3 Å². The summed E-state index contributed by atoms with van der Waals surface area (Å²) in [5, 5.41) is 6.82. The molecular formula is C15H27N3OS. The highest BCUT2D eigenvalue weighted by Gasteiger charge is 2.19. The highest BCUT2D eigenvalue weighted by atomic mass is 32.1. The molecule has 2 heterocycles. The second kappa shape index (κ2) is 8.72. The van der Waals surface area contributed by atoms with E-state index < -0.39 is 0 Å². The van der Waals surface area contributed by atoms with Gasteiger partial charge in [0.05, 0.1) is 11.8 Å². The van der Waals surface area contributed by atoms with Gasteiger partial charge in [0.15, 0.2) is 0 Å². The summed E-state index contributed by atoms with van der Waals surface area (Å²) in [6.45, 7) is 10.3. The van der Waals surface area contributed by atoms with Crippen molar-refractivity contribution in [3.05, 3.63) is 16.1 Å². The Morgan fingerprint density at radius 2 is 2.20 bits per heavy atom. The second-order valence-electron chi connectivity index (χ2n) is 5.34. The number of piperidine rings is 1. The van der Waals surface area contributed by atoms with E-state index in [9.17, 15) is 0 Å². The lowest BCUT2D eigenvalue weighted by molar-refractivity contribution is 0.0123. The standard InChI is InChI=1S/C15H27N3OS/c1-3-7-16-10-15-17-13(12-20-15)11-18-8-5-14(6-9-18)19-4-2/h12,14,16H,3-11H2,1-2H3. The Bertz CT molecular complexity index is 375. The molecule has 1 aromatic rings. The fourth-order valence-corrected chi connectivity index (χ4v) is 3.33. The first-order valence-electron chi connectivity index (χ1n) is 7.79. The quantitative estimate of drug-likeness (QED) is 0.749. The first-order valence-corrected chi connectivity index (χ1v) is 8.67. The highest BCUT2D eigenvalue weighted by molar-refractivity contribution is 7.09. The Balaban J connectivity index is 1.71. The van der Waals surface area contributed by atoms with Crippen LogP contribution in [0.5, 0.6) is 0 Å². The number of nitrogens with one attached hydrogen (secondary N) is 1. The van der Waals surface area contributed by atoms with Gasteiger partial charge in [-0.15, -0.1) is 11.3 Å². The summed E-state index contributed by atoms with van der Waals surface area (Å²) >= 11 is 1.77. The van der Waals surface area contributed by atoms with Crippen molar-refractivity contribution in [3.8, 4) is 0 Å².